The van der Waals surface area contributed by atoms with Crippen LogP contribution >= 0.6 is 0 Å². The fourth-order valence-electron chi connectivity index (χ4n) is 2.92. The van der Waals surface area contributed by atoms with E-state index in [0.717, 1.165) is 6.42 Å². The molecule has 1 aromatic rings. The van der Waals surface area contributed by atoms with Gasteiger partial charge in [0, 0.05) is 24.7 Å². The number of carbonyl (C=O) groups excluding carboxylic acids is 1. The van der Waals surface area contributed by atoms with Crippen molar-refractivity contribution >= 4 is 5.91 Å². The van der Waals surface area contributed by atoms with Crippen LogP contribution < -0.4 is 5.69 Å². The van der Waals surface area contributed by atoms with Crippen LogP contribution in [0.15, 0.2) is 11.0 Å². The molecule has 2 heterocycles. The molecule has 4 N–H and O–H groups in total. The van der Waals surface area contributed by atoms with Gasteiger partial charge < -0.3 is 25.1 Å². The molecule has 7 heteroatoms. The van der Waals surface area contributed by atoms with E-state index in [0.29, 0.717) is 25.9 Å². The van der Waals surface area contributed by atoms with Crippen molar-refractivity contribution in [3.63, 3.8) is 0 Å². The number of nitrogens with one attached hydrogen (secondary N) is 2. The summed E-state index contributed by atoms with van der Waals surface area (Å²) in [6, 6.07) is 0. The molecule has 0 unspecified atom stereocenters. The third-order valence-electron chi connectivity index (χ3n) is 4.06. The first-order chi connectivity index (χ1) is 9.52. The third-order valence-corrected chi connectivity index (χ3v) is 4.06. The van der Waals surface area contributed by atoms with E-state index < -0.39 is 17.2 Å². The van der Waals surface area contributed by atoms with Gasteiger partial charge in [0.2, 0.25) is 0 Å². The Morgan fingerprint density at radius 3 is 2.90 bits per heavy atom. The predicted octanol–water partition coefficient (Wildman–Crippen LogP) is -0.311. The first kappa shape index (κ1) is 14.8. The molecule has 1 saturated heterocycles. The van der Waals surface area contributed by atoms with Crippen LogP contribution in [0.2, 0.25) is 0 Å². The molecule has 0 saturated carbocycles. The molecule has 20 heavy (non-hydrogen) atoms. The molecule has 1 fully saturated rings. The molecule has 1 aromatic heterocycles. The Morgan fingerprint density at radius 2 is 2.35 bits per heavy atom. The van der Waals surface area contributed by atoms with Gasteiger partial charge in [-0.3, -0.25) is 4.79 Å². The molecule has 0 aliphatic carbocycles. The van der Waals surface area contributed by atoms with Gasteiger partial charge in [-0.05, 0) is 12.8 Å². The number of aliphatic hydroxyl groups is 2. The Kier molecular flexibility index (Phi) is 4.29. The van der Waals surface area contributed by atoms with Gasteiger partial charge in [0.1, 0.15) is 5.69 Å². The summed E-state index contributed by atoms with van der Waals surface area (Å²) in [5, 5.41) is 19.8. The summed E-state index contributed by atoms with van der Waals surface area (Å²) >= 11 is 0. The van der Waals surface area contributed by atoms with E-state index in [1.807, 2.05) is 6.92 Å². The number of H-pyrrole nitrogens is 2. The minimum Gasteiger partial charge on any atom is -0.396 e. The van der Waals surface area contributed by atoms with Gasteiger partial charge in [-0.15, -0.1) is 0 Å². The second kappa shape index (κ2) is 5.80. The number of carbonyl (C=O) groups is 1. The fraction of sp³-hybridized carbons (Fsp3) is 0.692. The monoisotopic (exact) mass is 283 g/mol. The van der Waals surface area contributed by atoms with E-state index in [2.05, 4.69) is 9.97 Å². The molecule has 7 nitrogen and oxygen atoms in total. The van der Waals surface area contributed by atoms with Gasteiger partial charge in [-0.1, -0.05) is 13.3 Å². The number of aromatic amines is 2. The Morgan fingerprint density at radius 1 is 1.60 bits per heavy atom. The maximum Gasteiger partial charge on any atom is 0.323 e. The number of amides is 1. The largest absolute Gasteiger partial charge is 0.396 e. The highest BCUT2D eigenvalue weighted by atomic mass is 16.3. The molecular formula is C13H21N3O4. The lowest BCUT2D eigenvalue weighted by Gasteiger charge is -2.45. The first-order valence-corrected chi connectivity index (χ1v) is 6.88. The maximum atomic E-state index is 12.3. The van der Waals surface area contributed by atoms with E-state index in [1.54, 1.807) is 4.90 Å². The molecule has 1 aliphatic heterocycles. The van der Waals surface area contributed by atoms with E-state index in [1.165, 1.54) is 6.20 Å². The second-order valence-corrected chi connectivity index (χ2v) is 5.46. The normalized spacial score (nSPS) is 26.8. The van der Waals surface area contributed by atoms with Crippen molar-refractivity contribution in [2.24, 2.45) is 5.41 Å². The lowest BCUT2D eigenvalue weighted by molar-refractivity contribution is -0.0721. The van der Waals surface area contributed by atoms with E-state index >= 15 is 0 Å². The number of hydrogen-bond acceptors (Lipinski definition) is 4. The number of aromatic nitrogens is 2. The van der Waals surface area contributed by atoms with Crippen molar-refractivity contribution in [3.8, 4) is 0 Å². The number of rotatable bonds is 4. The lowest BCUT2D eigenvalue weighted by atomic mass is 9.74. The van der Waals surface area contributed by atoms with Gasteiger partial charge in [-0.25, -0.2) is 4.79 Å². The second-order valence-electron chi connectivity index (χ2n) is 5.46. The van der Waals surface area contributed by atoms with Crippen molar-refractivity contribution in [1.29, 1.82) is 0 Å². The molecule has 0 bridgehead atoms. The van der Waals surface area contributed by atoms with E-state index in [9.17, 15) is 19.8 Å². The summed E-state index contributed by atoms with van der Waals surface area (Å²) in [5.74, 6) is -0.288. The zero-order valence-electron chi connectivity index (χ0n) is 11.6. The van der Waals surface area contributed by atoms with Gasteiger partial charge in [0.25, 0.3) is 5.91 Å². The molecule has 2 atom stereocenters. The third kappa shape index (κ3) is 2.64. The molecular weight excluding hydrogens is 262 g/mol. The number of aliphatic hydroxyl groups excluding tert-OH is 2. The Balaban J connectivity index is 2.18. The Labute approximate surface area is 116 Å². The molecule has 0 spiro atoms. The summed E-state index contributed by atoms with van der Waals surface area (Å²) in [7, 11) is 0. The van der Waals surface area contributed by atoms with Gasteiger partial charge in [0.05, 0.1) is 12.7 Å². The number of hydrogen-bond donors (Lipinski definition) is 4. The molecule has 1 amide bonds. The Bertz CT molecular complexity index is 524. The molecule has 2 rings (SSSR count). The average molecular weight is 283 g/mol. The number of nitrogens with zero attached hydrogens (tertiary/aromatic N) is 1. The van der Waals surface area contributed by atoms with Crippen molar-refractivity contribution in [2.45, 2.75) is 32.3 Å². The molecule has 1 aliphatic rings. The van der Waals surface area contributed by atoms with Crippen LogP contribution in [0.25, 0.3) is 0 Å². The molecule has 0 aromatic carbocycles. The summed E-state index contributed by atoms with van der Waals surface area (Å²) < 4.78 is 0. The minimum atomic E-state index is -0.667. The zero-order chi connectivity index (χ0) is 14.8. The molecule has 0 radical (unpaired) electrons. The quantitative estimate of drug-likeness (QED) is 0.607. The summed E-state index contributed by atoms with van der Waals surface area (Å²) in [4.78, 5) is 29.8. The van der Waals surface area contributed by atoms with Crippen molar-refractivity contribution in [2.75, 3.05) is 19.7 Å². The van der Waals surface area contributed by atoms with E-state index in [-0.39, 0.29) is 18.2 Å². The minimum absolute atomic E-state index is 0.157. The highest BCUT2D eigenvalue weighted by Crippen LogP contribution is 2.35. The fourth-order valence-corrected chi connectivity index (χ4v) is 2.92. The zero-order valence-corrected chi connectivity index (χ0v) is 11.6. The maximum absolute atomic E-state index is 12.3. The number of imidazole rings is 1. The van der Waals surface area contributed by atoms with Gasteiger partial charge >= 0.3 is 5.69 Å². The van der Waals surface area contributed by atoms with Crippen LogP contribution in [-0.4, -0.2) is 56.8 Å². The van der Waals surface area contributed by atoms with Gasteiger partial charge in [-0.2, -0.15) is 0 Å². The smallest absolute Gasteiger partial charge is 0.323 e. The predicted molar refractivity (Wildman–Crippen MR) is 72.4 cm³/mol. The standard InChI is InChI=1S/C13H21N3O4/c1-2-4-13(8-17)7-16(5-3-10(13)18)11(19)9-6-14-12(20)15-9/h6,10,17-18H,2-5,7-8H2,1H3,(H2,14,15,20)/t10-,13+/m1/s1. The average Bonchev–Trinajstić information content (AvgIpc) is 2.87. The highest BCUT2D eigenvalue weighted by Gasteiger charge is 2.43. The van der Waals surface area contributed by atoms with Crippen LogP contribution in [0.3, 0.4) is 0 Å². The lowest BCUT2D eigenvalue weighted by Crippen LogP contribution is -2.55. The number of likely N-dealkylation sites (tertiary alicyclic amines) is 1. The highest BCUT2D eigenvalue weighted by molar-refractivity contribution is 5.92. The van der Waals surface area contributed by atoms with Crippen molar-refractivity contribution < 1.29 is 15.0 Å². The van der Waals surface area contributed by atoms with Crippen LogP contribution in [0.4, 0.5) is 0 Å². The van der Waals surface area contributed by atoms with E-state index in [4.69, 9.17) is 0 Å². The van der Waals surface area contributed by atoms with Crippen LogP contribution in [0, 0.1) is 5.41 Å². The summed E-state index contributed by atoms with van der Waals surface area (Å²) in [6.07, 6.45) is 2.64. The van der Waals surface area contributed by atoms with Crippen LogP contribution in [0.1, 0.15) is 36.7 Å². The van der Waals surface area contributed by atoms with Crippen LogP contribution in [0.5, 0.6) is 0 Å². The summed E-state index contributed by atoms with van der Waals surface area (Å²) in [5.41, 5.74) is -0.888. The van der Waals surface area contributed by atoms with Crippen molar-refractivity contribution in [3.05, 3.63) is 22.4 Å². The van der Waals surface area contributed by atoms with Crippen molar-refractivity contribution in [1.82, 2.24) is 14.9 Å². The topological polar surface area (TPSA) is 109 Å². The Hall–Kier alpha value is -1.60. The first-order valence-electron chi connectivity index (χ1n) is 6.88. The molecule has 112 valence electrons. The van der Waals surface area contributed by atoms with Crippen LogP contribution in [-0.2, 0) is 0 Å². The SMILES string of the molecule is CCC[C@@]1(CO)CN(C(=O)c2c[nH]c(=O)[nH]2)CC[C@H]1O. The summed E-state index contributed by atoms with van der Waals surface area (Å²) in [6.45, 7) is 2.53. The van der Waals surface area contributed by atoms with Gasteiger partial charge in [0.15, 0.2) is 0 Å². The number of piperidine rings is 1.